The molecule has 2 nitrogen and oxygen atoms in total. The van der Waals surface area contributed by atoms with Crippen LogP contribution in [0, 0.1) is 0 Å². The largest absolute Gasteiger partial charge is 0.398 e. The molecule has 0 saturated heterocycles. The maximum atomic E-state index is 6.19. The zero-order valence-electron chi connectivity index (χ0n) is 7.90. The Morgan fingerprint density at radius 3 is 3.00 bits per heavy atom. The summed E-state index contributed by atoms with van der Waals surface area (Å²) in [6.45, 7) is 0. The predicted octanol–water partition coefficient (Wildman–Crippen LogP) is 1.79. The van der Waals surface area contributed by atoms with Gasteiger partial charge in [0.2, 0.25) is 0 Å². The van der Waals surface area contributed by atoms with Gasteiger partial charge in [-0.25, -0.2) is 0 Å². The highest BCUT2D eigenvalue weighted by Gasteiger charge is 2.31. The molecule has 3 rings (SSSR count). The molecule has 13 heavy (non-hydrogen) atoms. The van der Waals surface area contributed by atoms with Crippen LogP contribution in [0.5, 0.6) is 0 Å². The van der Waals surface area contributed by atoms with E-state index in [9.17, 15) is 0 Å². The van der Waals surface area contributed by atoms with E-state index in [0.29, 0.717) is 6.04 Å². The molecule has 2 heteroatoms. The van der Waals surface area contributed by atoms with Crippen LogP contribution in [-0.2, 0) is 0 Å². The molecule has 0 radical (unpaired) electrons. The van der Waals surface area contributed by atoms with Gasteiger partial charge in [0, 0.05) is 17.4 Å². The number of allylic oxidation sites excluding steroid dienone is 2. The van der Waals surface area contributed by atoms with Crippen molar-refractivity contribution in [3.63, 3.8) is 0 Å². The van der Waals surface area contributed by atoms with Crippen molar-refractivity contribution in [2.24, 2.45) is 5.73 Å². The van der Waals surface area contributed by atoms with Gasteiger partial charge in [0.25, 0.3) is 0 Å². The minimum absolute atomic E-state index is 0.594. The Kier molecular flexibility index (Phi) is 1.46. The first-order valence-corrected chi connectivity index (χ1v) is 5.33. The van der Waals surface area contributed by atoms with E-state index in [1.54, 1.807) is 0 Å². The molecule has 3 aliphatic rings. The Labute approximate surface area is 78.9 Å². The van der Waals surface area contributed by atoms with E-state index in [-0.39, 0.29) is 0 Å². The fraction of sp³-hybridized carbons (Fsp3) is 0.636. The maximum absolute atomic E-state index is 6.19. The third-order valence-corrected chi connectivity index (χ3v) is 3.60. The Morgan fingerprint density at radius 1 is 1.15 bits per heavy atom. The second-order valence-corrected chi connectivity index (χ2v) is 4.34. The molecule has 70 valence electrons. The quantitative estimate of drug-likeness (QED) is 0.590. The van der Waals surface area contributed by atoms with Gasteiger partial charge < -0.3 is 11.1 Å². The van der Waals surface area contributed by atoms with E-state index in [1.165, 1.54) is 55.4 Å². The van der Waals surface area contributed by atoms with Crippen molar-refractivity contribution in [2.75, 3.05) is 0 Å². The number of nitrogens with one attached hydrogen (secondary N) is 1. The first kappa shape index (κ1) is 7.48. The standard InChI is InChI=1S/C11H16N2/c12-11-7-3-1-5-9(7)13-10-6-2-4-8(10)11/h9,13H,1-6,12H2. The summed E-state index contributed by atoms with van der Waals surface area (Å²) >= 11 is 0. The molecule has 1 unspecified atom stereocenters. The van der Waals surface area contributed by atoms with Crippen LogP contribution in [0.3, 0.4) is 0 Å². The summed E-state index contributed by atoms with van der Waals surface area (Å²) < 4.78 is 0. The summed E-state index contributed by atoms with van der Waals surface area (Å²) in [7, 11) is 0. The van der Waals surface area contributed by atoms with E-state index in [4.69, 9.17) is 5.73 Å². The number of fused-ring (bicyclic) bond motifs is 1. The van der Waals surface area contributed by atoms with Crippen LogP contribution < -0.4 is 11.1 Å². The molecule has 1 aliphatic heterocycles. The molecule has 0 aromatic carbocycles. The summed E-state index contributed by atoms with van der Waals surface area (Å²) in [5.41, 5.74) is 11.7. The number of rotatable bonds is 0. The van der Waals surface area contributed by atoms with Crippen LogP contribution in [0.1, 0.15) is 38.5 Å². The molecule has 0 amide bonds. The average molecular weight is 176 g/mol. The lowest BCUT2D eigenvalue weighted by Crippen LogP contribution is -2.33. The van der Waals surface area contributed by atoms with Crippen molar-refractivity contribution in [2.45, 2.75) is 44.6 Å². The van der Waals surface area contributed by atoms with Gasteiger partial charge >= 0.3 is 0 Å². The highest BCUT2D eigenvalue weighted by atomic mass is 15.0. The van der Waals surface area contributed by atoms with Gasteiger partial charge in [-0.3, -0.25) is 0 Å². The summed E-state index contributed by atoms with van der Waals surface area (Å²) in [6, 6.07) is 0.594. The van der Waals surface area contributed by atoms with Gasteiger partial charge in [-0.2, -0.15) is 0 Å². The van der Waals surface area contributed by atoms with Gasteiger partial charge in [0.1, 0.15) is 0 Å². The number of dihydropyridines is 1. The summed E-state index contributed by atoms with van der Waals surface area (Å²) in [5.74, 6) is 0. The smallest absolute Gasteiger partial charge is 0.0493 e. The van der Waals surface area contributed by atoms with Gasteiger partial charge in [-0.05, 0) is 49.7 Å². The SMILES string of the molecule is NC1=C2CCCC2NC2=C1CCC2. The lowest BCUT2D eigenvalue weighted by atomic mass is 9.98. The van der Waals surface area contributed by atoms with E-state index in [0.717, 1.165) is 5.70 Å². The molecule has 2 aliphatic carbocycles. The Morgan fingerprint density at radius 2 is 2.08 bits per heavy atom. The maximum Gasteiger partial charge on any atom is 0.0493 e. The Balaban J connectivity index is 2.05. The van der Waals surface area contributed by atoms with Crippen LogP contribution in [0.15, 0.2) is 22.5 Å². The lowest BCUT2D eigenvalue weighted by Gasteiger charge is -2.25. The fourth-order valence-electron chi connectivity index (χ4n) is 2.93. The topological polar surface area (TPSA) is 38.0 Å². The monoisotopic (exact) mass is 176 g/mol. The molecule has 1 saturated carbocycles. The van der Waals surface area contributed by atoms with Crippen LogP contribution in [0.4, 0.5) is 0 Å². The number of nitrogens with two attached hydrogens (primary N) is 1. The molecule has 3 N–H and O–H groups in total. The Bertz CT molecular complexity index is 312. The fourth-order valence-corrected chi connectivity index (χ4v) is 2.93. The van der Waals surface area contributed by atoms with Crippen LogP contribution >= 0.6 is 0 Å². The van der Waals surface area contributed by atoms with Crippen LogP contribution in [-0.4, -0.2) is 6.04 Å². The van der Waals surface area contributed by atoms with E-state index >= 15 is 0 Å². The van der Waals surface area contributed by atoms with E-state index < -0.39 is 0 Å². The molecule has 1 fully saturated rings. The second-order valence-electron chi connectivity index (χ2n) is 4.34. The zero-order chi connectivity index (χ0) is 8.84. The normalized spacial score (nSPS) is 31.8. The van der Waals surface area contributed by atoms with Crippen molar-refractivity contribution in [1.82, 2.24) is 5.32 Å². The van der Waals surface area contributed by atoms with Gasteiger partial charge in [0.15, 0.2) is 0 Å². The highest BCUT2D eigenvalue weighted by Crippen LogP contribution is 2.39. The third kappa shape index (κ3) is 0.946. The summed E-state index contributed by atoms with van der Waals surface area (Å²) in [6.07, 6.45) is 7.53. The van der Waals surface area contributed by atoms with Crippen molar-refractivity contribution < 1.29 is 0 Å². The predicted molar refractivity (Wildman–Crippen MR) is 52.9 cm³/mol. The minimum atomic E-state index is 0.594. The van der Waals surface area contributed by atoms with Crippen LogP contribution in [0.2, 0.25) is 0 Å². The molecule has 0 bridgehead atoms. The first-order valence-electron chi connectivity index (χ1n) is 5.33. The number of hydrogen-bond donors (Lipinski definition) is 2. The minimum Gasteiger partial charge on any atom is -0.398 e. The van der Waals surface area contributed by atoms with Gasteiger partial charge in [0.05, 0.1) is 0 Å². The van der Waals surface area contributed by atoms with Crippen molar-refractivity contribution in [1.29, 1.82) is 0 Å². The Hall–Kier alpha value is -0.920. The lowest BCUT2D eigenvalue weighted by molar-refractivity contribution is 0.620. The van der Waals surface area contributed by atoms with Gasteiger partial charge in [-0.1, -0.05) is 0 Å². The average Bonchev–Trinajstić information content (AvgIpc) is 2.71. The van der Waals surface area contributed by atoms with Gasteiger partial charge in [-0.15, -0.1) is 0 Å². The third-order valence-electron chi connectivity index (χ3n) is 3.60. The van der Waals surface area contributed by atoms with Crippen LogP contribution in [0.25, 0.3) is 0 Å². The summed E-state index contributed by atoms with van der Waals surface area (Å²) in [4.78, 5) is 0. The molecule has 1 heterocycles. The molecule has 0 aromatic heterocycles. The van der Waals surface area contributed by atoms with E-state index in [2.05, 4.69) is 5.32 Å². The van der Waals surface area contributed by atoms with Crippen molar-refractivity contribution in [3.05, 3.63) is 22.5 Å². The summed E-state index contributed by atoms with van der Waals surface area (Å²) in [5, 5.41) is 3.65. The molecular formula is C11H16N2. The molecule has 1 atom stereocenters. The zero-order valence-corrected chi connectivity index (χ0v) is 7.90. The molecule has 0 spiro atoms. The van der Waals surface area contributed by atoms with Crippen molar-refractivity contribution in [3.8, 4) is 0 Å². The van der Waals surface area contributed by atoms with E-state index in [1.807, 2.05) is 0 Å². The highest BCUT2D eigenvalue weighted by molar-refractivity contribution is 5.45. The first-order chi connectivity index (χ1) is 6.36. The second kappa shape index (κ2) is 2.53. The molecular weight excluding hydrogens is 160 g/mol. The van der Waals surface area contributed by atoms with Crippen molar-refractivity contribution >= 4 is 0 Å². The molecule has 0 aromatic rings. The number of hydrogen-bond acceptors (Lipinski definition) is 2.